The predicted molar refractivity (Wildman–Crippen MR) is 99.1 cm³/mol. The van der Waals surface area contributed by atoms with Crippen LogP contribution in [0, 0.1) is 13.8 Å². The Kier molecular flexibility index (Phi) is 5.46. The van der Waals surface area contributed by atoms with Crippen LogP contribution in [0.3, 0.4) is 0 Å². The molecular weight excluding hydrogens is 332 g/mol. The van der Waals surface area contributed by atoms with Gasteiger partial charge in [-0.15, -0.1) is 0 Å². The van der Waals surface area contributed by atoms with Gasteiger partial charge >= 0.3 is 5.97 Å². The molecule has 3 aromatic rings. The third-order valence-corrected chi connectivity index (χ3v) is 4.01. The number of benzene rings is 2. The fourth-order valence-corrected chi connectivity index (χ4v) is 2.72. The molecule has 0 aliphatic heterocycles. The van der Waals surface area contributed by atoms with E-state index in [1.807, 2.05) is 50.2 Å². The molecule has 5 nitrogen and oxygen atoms in total. The molecule has 2 aromatic carbocycles. The predicted octanol–water partition coefficient (Wildman–Crippen LogP) is 4.68. The first-order valence-electron chi connectivity index (χ1n) is 8.61. The molecule has 3 rings (SSSR count). The average molecular weight is 354 g/mol. The van der Waals surface area contributed by atoms with Gasteiger partial charge in [0.15, 0.2) is 0 Å². The van der Waals surface area contributed by atoms with Gasteiger partial charge < -0.3 is 18.6 Å². The Bertz CT molecular complexity index is 893. The number of ether oxygens (including phenoxy) is 3. The van der Waals surface area contributed by atoms with Crippen molar-refractivity contribution in [2.75, 3.05) is 19.8 Å². The van der Waals surface area contributed by atoms with Crippen LogP contribution >= 0.6 is 0 Å². The summed E-state index contributed by atoms with van der Waals surface area (Å²) in [5.41, 5.74) is 2.50. The highest BCUT2D eigenvalue weighted by atomic mass is 16.5. The smallest absolute Gasteiger partial charge is 0.374 e. The standard InChI is InChI=1S/C21H22O5/c1-4-23-21(22)20-15(3)19-17(6-5-7-18(19)26-20)25-13-12-24-16-10-8-14(2)9-11-16/h5-11H,4,12-13H2,1-3H3. The summed E-state index contributed by atoms with van der Waals surface area (Å²) in [7, 11) is 0. The molecular formula is C21H22O5. The van der Waals surface area contributed by atoms with Crippen LogP contribution in [0.25, 0.3) is 11.0 Å². The van der Waals surface area contributed by atoms with Crippen LogP contribution in [0.4, 0.5) is 0 Å². The van der Waals surface area contributed by atoms with E-state index < -0.39 is 5.97 Å². The van der Waals surface area contributed by atoms with Crippen LogP contribution in [-0.4, -0.2) is 25.8 Å². The van der Waals surface area contributed by atoms with Crippen molar-refractivity contribution < 1.29 is 23.4 Å². The lowest BCUT2D eigenvalue weighted by atomic mass is 10.1. The number of carbonyl (C=O) groups excluding carboxylic acids is 1. The molecule has 0 fully saturated rings. The van der Waals surface area contributed by atoms with E-state index in [9.17, 15) is 4.79 Å². The van der Waals surface area contributed by atoms with Gasteiger partial charge in [0.05, 0.1) is 12.0 Å². The summed E-state index contributed by atoms with van der Waals surface area (Å²) in [6.45, 7) is 6.72. The molecule has 0 aliphatic carbocycles. The molecule has 0 unspecified atom stereocenters. The monoisotopic (exact) mass is 354 g/mol. The van der Waals surface area contributed by atoms with Crippen LogP contribution in [0.1, 0.15) is 28.6 Å². The highest BCUT2D eigenvalue weighted by molar-refractivity contribution is 5.98. The minimum atomic E-state index is -0.463. The molecule has 0 radical (unpaired) electrons. The first-order valence-corrected chi connectivity index (χ1v) is 8.61. The van der Waals surface area contributed by atoms with Gasteiger partial charge in [0.2, 0.25) is 5.76 Å². The van der Waals surface area contributed by atoms with Crippen molar-refractivity contribution in [3.8, 4) is 11.5 Å². The number of esters is 1. The molecule has 0 saturated carbocycles. The summed E-state index contributed by atoms with van der Waals surface area (Å²) in [5.74, 6) is 1.22. The number of carbonyl (C=O) groups is 1. The molecule has 136 valence electrons. The van der Waals surface area contributed by atoms with Gasteiger partial charge in [-0.2, -0.15) is 0 Å². The number of hydrogen-bond donors (Lipinski definition) is 0. The van der Waals surface area contributed by atoms with E-state index in [2.05, 4.69) is 0 Å². The first kappa shape index (κ1) is 17.9. The molecule has 0 bridgehead atoms. The number of hydrogen-bond acceptors (Lipinski definition) is 5. The molecule has 0 amide bonds. The van der Waals surface area contributed by atoms with E-state index in [0.29, 0.717) is 36.7 Å². The first-order chi connectivity index (χ1) is 12.6. The molecule has 0 N–H and O–H groups in total. The van der Waals surface area contributed by atoms with E-state index in [1.165, 1.54) is 5.56 Å². The second kappa shape index (κ2) is 7.95. The third-order valence-electron chi connectivity index (χ3n) is 4.01. The van der Waals surface area contributed by atoms with Crippen LogP contribution in [0.15, 0.2) is 46.9 Å². The van der Waals surface area contributed by atoms with Crippen molar-refractivity contribution in [1.82, 2.24) is 0 Å². The lowest BCUT2D eigenvalue weighted by Gasteiger charge is -2.09. The number of furan rings is 1. The number of aryl methyl sites for hydroxylation is 2. The lowest BCUT2D eigenvalue weighted by Crippen LogP contribution is -2.09. The summed E-state index contributed by atoms with van der Waals surface area (Å²) < 4.78 is 22.2. The van der Waals surface area contributed by atoms with E-state index in [1.54, 1.807) is 13.0 Å². The van der Waals surface area contributed by atoms with E-state index in [0.717, 1.165) is 11.1 Å². The number of fused-ring (bicyclic) bond motifs is 1. The van der Waals surface area contributed by atoms with Crippen LogP contribution in [0.2, 0.25) is 0 Å². The van der Waals surface area contributed by atoms with Crippen molar-refractivity contribution in [3.63, 3.8) is 0 Å². The van der Waals surface area contributed by atoms with E-state index in [4.69, 9.17) is 18.6 Å². The van der Waals surface area contributed by atoms with Crippen molar-refractivity contribution in [2.24, 2.45) is 0 Å². The number of rotatable bonds is 7. The molecule has 0 spiro atoms. The summed E-state index contributed by atoms with van der Waals surface area (Å²) in [6.07, 6.45) is 0. The van der Waals surface area contributed by atoms with Gasteiger partial charge in [-0.3, -0.25) is 0 Å². The summed E-state index contributed by atoms with van der Waals surface area (Å²) in [6, 6.07) is 13.4. The fourth-order valence-electron chi connectivity index (χ4n) is 2.72. The maximum Gasteiger partial charge on any atom is 0.374 e. The zero-order valence-corrected chi connectivity index (χ0v) is 15.2. The van der Waals surface area contributed by atoms with Gasteiger partial charge in [0.1, 0.15) is 30.3 Å². The highest BCUT2D eigenvalue weighted by Crippen LogP contribution is 2.33. The summed E-state index contributed by atoms with van der Waals surface area (Å²) in [5, 5.41) is 0.783. The van der Waals surface area contributed by atoms with Crippen molar-refractivity contribution >= 4 is 16.9 Å². The minimum absolute atomic E-state index is 0.216. The fraction of sp³-hybridized carbons (Fsp3) is 0.286. The Morgan fingerprint density at radius 2 is 1.73 bits per heavy atom. The summed E-state index contributed by atoms with van der Waals surface area (Å²) in [4.78, 5) is 12.0. The van der Waals surface area contributed by atoms with E-state index in [-0.39, 0.29) is 5.76 Å². The molecule has 0 saturated heterocycles. The van der Waals surface area contributed by atoms with Crippen LogP contribution < -0.4 is 9.47 Å². The van der Waals surface area contributed by atoms with Gasteiger partial charge in [-0.25, -0.2) is 4.79 Å². The maximum atomic E-state index is 12.0. The van der Waals surface area contributed by atoms with Crippen molar-refractivity contribution in [1.29, 1.82) is 0 Å². The van der Waals surface area contributed by atoms with Crippen LogP contribution in [0.5, 0.6) is 11.5 Å². The lowest BCUT2D eigenvalue weighted by molar-refractivity contribution is 0.0491. The van der Waals surface area contributed by atoms with E-state index >= 15 is 0 Å². The largest absolute Gasteiger partial charge is 0.490 e. The zero-order chi connectivity index (χ0) is 18.5. The Hall–Kier alpha value is -2.95. The van der Waals surface area contributed by atoms with Gasteiger partial charge in [0.25, 0.3) is 0 Å². The molecule has 0 aliphatic rings. The Morgan fingerprint density at radius 1 is 1.00 bits per heavy atom. The van der Waals surface area contributed by atoms with Gasteiger partial charge in [-0.1, -0.05) is 23.8 Å². The zero-order valence-electron chi connectivity index (χ0n) is 15.2. The Morgan fingerprint density at radius 3 is 2.46 bits per heavy atom. The molecule has 1 heterocycles. The topological polar surface area (TPSA) is 57.9 Å². The third kappa shape index (κ3) is 3.82. The van der Waals surface area contributed by atoms with Gasteiger partial charge in [-0.05, 0) is 45.0 Å². The second-order valence-corrected chi connectivity index (χ2v) is 5.92. The molecule has 5 heteroatoms. The van der Waals surface area contributed by atoms with Crippen molar-refractivity contribution in [3.05, 3.63) is 59.4 Å². The SMILES string of the molecule is CCOC(=O)c1oc2cccc(OCCOc3ccc(C)cc3)c2c1C. The maximum absolute atomic E-state index is 12.0. The molecule has 26 heavy (non-hydrogen) atoms. The Labute approximate surface area is 152 Å². The normalized spacial score (nSPS) is 10.7. The molecule has 0 atom stereocenters. The summed E-state index contributed by atoms with van der Waals surface area (Å²) >= 11 is 0. The molecule has 1 aromatic heterocycles. The minimum Gasteiger partial charge on any atom is -0.490 e. The average Bonchev–Trinajstić information content (AvgIpc) is 2.98. The van der Waals surface area contributed by atoms with Crippen molar-refractivity contribution in [2.45, 2.75) is 20.8 Å². The highest BCUT2D eigenvalue weighted by Gasteiger charge is 2.21. The Balaban J connectivity index is 1.69. The second-order valence-electron chi connectivity index (χ2n) is 5.92. The van der Waals surface area contributed by atoms with Gasteiger partial charge in [0, 0.05) is 5.56 Å². The van der Waals surface area contributed by atoms with Crippen LogP contribution in [-0.2, 0) is 4.74 Å². The quantitative estimate of drug-likeness (QED) is 0.455.